The topological polar surface area (TPSA) is 41.5 Å². The molecule has 1 aliphatic carbocycles. The van der Waals surface area contributed by atoms with Crippen molar-refractivity contribution in [2.24, 2.45) is 5.92 Å². The first-order chi connectivity index (χ1) is 8.22. The average molecular weight is 235 g/mol. The fraction of sp³-hybridized carbons (Fsp3) is 0.571. The van der Waals surface area contributed by atoms with Crippen LogP contribution < -0.4 is 5.32 Å². The Hall–Kier alpha value is -0.900. The van der Waals surface area contributed by atoms with E-state index in [0.29, 0.717) is 25.1 Å². The molecule has 0 saturated heterocycles. The van der Waals surface area contributed by atoms with Crippen molar-refractivity contribution in [3.05, 3.63) is 35.4 Å². The van der Waals surface area contributed by atoms with Crippen LogP contribution in [0, 0.1) is 5.92 Å². The predicted molar refractivity (Wildman–Crippen MR) is 67.9 cm³/mol. The zero-order valence-electron chi connectivity index (χ0n) is 10.5. The van der Waals surface area contributed by atoms with Gasteiger partial charge in [0.05, 0.1) is 12.7 Å². The molecule has 0 heterocycles. The van der Waals surface area contributed by atoms with Crippen molar-refractivity contribution in [2.45, 2.75) is 25.5 Å². The lowest BCUT2D eigenvalue weighted by atomic mass is 10.0. The standard InChI is InChI=1S/C14H21NO2/c1-10-7-11-5-3-4-6-13(11)14(10)15-8-12(16)9-17-2/h3-6,10,12,14-16H,7-9H2,1-2H3/t10-,12-,14+/m1/s1. The minimum absolute atomic E-state index is 0.359. The highest BCUT2D eigenvalue weighted by Crippen LogP contribution is 2.35. The SMILES string of the molecule is COC[C@H](O)CN[C@@H]1c2ccccc2C[C@H]1C. The van der Waals surface area contributed by atoms with Gasteiger partial charge >= 0.3 is 0 Å². The molecule has 2 rings (SSSR count). The summed E-state index contributed by atoms with van der Waals surface area (Å²) in [5.41, 5.74) is 2.81. The molecule has 0 saturated carbocycles. The van der Waals surface area contributed by atoms with Crippen LogP contribution in [-0.4, -0.2) is 31.5 Å². The van der Waals surface area contributed by atoms with Gasteiger partial charge in [0.25, 0.3) is 0 Å². The molecule has 0 amide bonds. The summed E-state index contributed by atoms with van der Waals surface area (Å²) in [5, 5.41) is 13.1. The molecule has 0 bridgehead atoms. The molecule has 0 spiro atoms. The van der Waals surface area contributed by atoms with Crippen LogP contribution in [0.25, 0.3) is 0 Å². The van der Waals surface area contributed by atoms with Crippen LogP contribution in [0.15, 0.2) is 24.3 Å². The highest BCUT2D eigenvalue weighted by molar-refractivity contribution is 5.35. The van der Waals surface area contributed by atoms with E-state index in [4.69, 9.17) is 4.74 Å². The van der Waals surface area contributed by atoms with Gasteiger partial charge in [-0.3, -0.25) is 0 Å². The predicted octanol–water partition coefficient (Wildman–Crippen LogP) is 1.52. The smallest absolute Gasteiger partial charge is 0.0897 e. The van der Waals surface area contributed by atoms with Gasteiger partial charge in [-0.2, -0.15) is 0 Å². The fourth-order valence-electron chi connectivity index (χ4n) is 2.62. The van der Waals surface area contributed by atoms with Crippen LogP contribution in [0.3, 0.4) is 0 Å². The summed E-state index contributed by atoms with van der Waals surface area (Å²) >= 11 is 0. The van der Waals surface area contributed by atoms with Crippen LogP contribution >= 0.6 is 0 Å². The Morgan fingerprint density at radius 1 is 1.47 bits per heavy atom. The van der Waals surface area contributed by atoms with E-state index in [1.165, 1.54) is 11.1 Å². The lowest BCUT2D eigenvalue weighted by molar-refractivity contribution is 0.0617. The van der Waals surface area contributed by atoms with Crippen molar-refractivity contribution in [3.8, 4) is 0 Å². The van der Waals surface area contributed by atoms with Crippen LogP contribution in [0.1, 0.15) is 24.1 Å². The molecule has 3 heteroatoms. The summed E-state index contributed by atoms with van der Waals surface area (Å²) in [6, 6.07) is 8.90. The lowest BCUT2D eigenvalue weighted by Crippen LogP contribution is -2.34. The third-order valence-corrected chi connectivity index (χ3v) is 3.43. The first kappa shape index (κ1) is 12.6. The molecule has 2 N–H and O–H groups in total. The molecule has 0 fully saturated rings. The van der Waals surface area contributed by atoms with E-state index in [9.17, 15) is 5.11 Å². The van der Waals surface area contributed by atoms with E-state index in [1.807, 2.05) is 0 Å². The minimum Gasteiger partial charge on any atom is -0.389 e. The van der Waals surface area contributed by atoms with Crippen LogP contribution in [0.2, 0.25) is 0 Å². The van der Waals surface area contributed by atoms with Crippen LogP contribution in [-0.2, 0) is 11.2 Å². The second kappa shape index (κ2) is 5.63. The Bertz CT molecular complexity index is 367. The Kier molecular flexibility index (Phi) is 4.15. The summed E-state index contributed by atoms with van der Waals surface area (Å²) in [4.78, 5) is 0. The number of hydrogen-bond acceptors (Lipinski definition) is 3. The number of aliphatic hydroxyl groups is 1. The zero-order valence-corrected chi connectivity index (χ0v) is 10.5. The number of rotatable bonds is 5. The largest absolute Gasteiger partial charge is 0.389 e. The molecule has 1 aliphatic rings. The van der Waals surface area contributed by atoms with Gasteiger partial charge < -0.3 is 15.2 Å². The number of methoxy groups -OCH3 is 1. The summed E-state index contributed by atoms with van der Waals surface area (Å²) in [6.45, 7) is 3.22. The Labute approximate surface area is 103 Å². The van der Waals surface area contributed by atoms with Gasteiger partial charge in [0, 0.05) is 19.7 Å². The monoisotopic (exact) mass is 235 g/mol. The third kappa shape index (κ3) is 2.86. The van der Waals surface area contributed by atoms with Crippen molar-refractivity contribution in [1.29, 1.82) is 0 Å². The first-order valence-electron chi connectivity index (χ1n) is 6.20. The molecule has 0 radical (unpaired) electrons. The first-order valence-corrected chi connectivity index (χ1v) is 6.20. The number of benzene rings is 1. The van der Waals surface area contributed by atoms with Gasteiger partial charge in [0.2, 0.25) is 0 Å². The lowest BCUT2D eigenvalue weighted by Gasteiger charge is -2.20. The quantitative estimate of drug-likeness (QED) is 0.813. The van der Waals surface area contributed by atoms with Crippen molar-refractivity contribution >= 4 is 0 Å². The summed E-state index contributed by atoms with van der Waals surface area (Å²) in [7, 11) is 1.61. The third-order valence-electron chi connectivity index (χ3n) is 3.43. The van der Waals surface area contributed by atoms with E-state index in [1.54, 1.807) is 7.11 Å². The molecule has 0 aromatic heterocycles. The number of fused-ring (bicyclic) bond motifs is 1. The second-order valence-corrected chi connectivity index (χ2v) is 4.88. The van der Waals surface area contributed by atoms with Gasteiger partial charge in [-0.1, -0.05) is 31.2 Å². The molecule has 17 heavy (non-hydrogen) atoms. The molecule has 0 unspecified atom stereocenters. The number of nitrogens with one attached hydrogen (secondary N) is 1. The van der Waals surface area contributed by atoms with Crippen molar-refractivity contribution in [1.82, 2.24) is 5.32 Å². The van der Waals surface area contributed by atoms with Gasteiger partial charge in [-0.25, -0.2) is 0 Å². The van der Waals surface area contributed by atoms with Crippen LogP contribution in [0.5, 0.6) is 0 Å². The number of hydrogen-bond donors (Lipinski definition) is 2. The van der Waals surface area contributed by atoms with Gasteiger partial charge in [-0.05, 0) is 23.5 Å². The summed E-state index contributed by atoms with van der Waals surface area (Å²) in [6.07, 6.45) is 0.689. The van der Waals surface area contributed by atoms with Crippen LogP contribution in [0.4, 0.5) is 0 Å². The molecule has 0 aliphatic heterocycles. The van der Waals surface area contributed by atoms with Crippen molar-refractivity contribution in [2.75, 3.05) is 20.3 Å². The Morgan fingerprint density at radius 2 is 2.24 bits per heavy atom. The minimum atomic E-state index is -0.431. The normalized spacial score (nSPS) is 24.6. The van der Waals surface area contributed by atoms with E-state index >= 15 is 0 Å². The molecule has 94 valence electrons. The highest BCUT2D eigenvalue weighted by atomic mass is 16.5. The maximum atomic E-state index is 9.66. The Morgan fingerprint density at radius 3 is 3.00 bits per heavy atom. The molecular formula is C14H21NO2. The van der Waals surface area contributed by atoms with Gasteiger partial charge in [0.15, 0.2) is 0 Å². The van der Waals surface area contributed by atoms with Gasteiger partial charge in [0.1, 0.15) is 0 Å². The zero-order chi connectivity index (χ0) is 12.3. The molecular weight excluding hydrogens is 214 g/mol. The van der Waals surface area contributed by atoms with E-state index in [2.05, 4.69) is 36.5 Å². The number of aliphatic hydroxyl groups excluding tert-OH is 1. The van der Waals surface area contributed by atoms with Crippen molar-refractivity contribution in [3.63, 3.8) is 0 Å². The maximum Gasteiger partial charge on any atom is 0.0897 e. The maximum absolute atomic E-state index is 9.66. The molecule has 3 atom stereocenters. The summed E-state index contributed by atoms with van der Waals surface area (Å²) < 4.78 is 4.93. The van der Waals surface area contributed by atoms with E-state index < -0.39 is 6.10 Å². The molecule has 1 aromatic rings. The highest BCUT2D eigenvalue weighted by Gasteiger charge is 2.28. The van der Waals surface area contributed by atoms with E-state index in [0.717, 1.165) is 6.42 Å². The molecule has 3 nitrogen and oxygen atoms in total. The number of ether oxygens (including phenoxy) is 1. The molecule has 1 aromatic carbocycles. The fourth-order valence-corrected chi connectivity index (χ4v) is 2.62. The van der Waals surface area contributed by atoms with Gasteiger partial charge in [-0.15, -0.1) is 0 Å². The van der Waals surface area contributed by atoms with E-state index in [-0.39, 0.29) is 0 Å². The Balaban J connectivity index is 1.97. The second-order valence-electron chi connectivity index (χ2n) is 4.88. The average Bonchev–Trinajstić information content (AvgIpc) is 2.62. The summed E-state index contributed by atoms with van der Waals surface area (Å²) in [5.74, 6) is 0.585. The van der Waals surface area contributed by atoms with Crippen molar-refractivity contribution < 1.29 is 9.84 Å².